The van der Waals surface area contributed by atoms with Crippen molar-refractivity contribution in [2.75, 3.05) is 59.4 Å². The average Bonchev–Trinajstić information content (AvgIpc) is 2.77. The highest BCUT2D eigenvalue weighted by atomic mass is 16.5. The Labute approximate surface area is 181 Å². The van der Waals surface area contributed by atoms with Crippen LogP contribution in [0.15, 0.2) is 29.3 Å². The molecule has 2 fully saturated rings. The molecule has 1 N–H and O–H groups in total. The van der Waals surface area contributed by atoms with Crippen LogP contribution in [0.25, 0.3) is 0 Å². The average molecular weight is 416 g/mol. The zero-order valence-electron chi connectivity index (χ0n) is 18.8. The Morgan fingerprint density at radius 1 is 1.07 bits per heavy atom. The van der Waals surface area contributed by atoms with Gasteiger partial charge >= 0.3 is 0 Å². The van der Waals surface area contributed by atoms with Crippen LogP contribution in [-0.2, 0) is 4.79 Å². The molecule has 166 valence electrons. The van der Waals surface area contributed by atoms with E-state index in [-0.39, 0.29) is 12.0 Å². The van der Waals surface area contributed by atoms with E-state index in [0.717, 1.165) is 69.4 Å². The van der Waals surface area contributed by atoms with Gasteiger partial charge in [-0.15, -0.1) is 0 Å². The first-order chi connectivity index (χ1) is 14.6. The summed E-state index contributed by atoms with van der Waals surface area (Å²) >= 11 is 0. The molecule has 30 heavy (non-hydrogen) atoms. The number of amides is 1. The van der Waals surface area contributed by atoms with Gasteiger partial charge < -0.3 is 19.9 Å². The highest BCUT2D eigenvalue weighted by Gasteiger charge is 2.24. The van der Waals surface area contributed by atoms with Gasteiger partial charge in [0.1, 0.15) is 11.9 Å². The molecule has 1 unspecified atom stereocenters. The number of benzene rings is 1. The first kappa shape index (κ1) is 22.4. The number of nitrogens with one attached hydrogen (secondary N) is 1. The molecule has 7 heteroatoms. The van der Waals surface area contributed by atoms with Crippen LogP contribution in [0.1, 0.15) is 31.7 Å². The molecule has 0 saturated carbocycles. The van der Waals surface area contributed by atoms with Crippen molar-refractivity contribution in [1.82, 2.24) is 20.0 Å². The Hall–Kier alpha value is -2.28. The van der Waals surface area contributed by atoms with E-state index in [2.05, 4.69) is 40.0 Å². The maximum Gasteiger partial charge on any atom is 0.236 e. The third-order valence-corrected chi connectivity index (χ3v) is 5.92. The van der Waals surface area contributed by atoms with Gasteiger partial charge in [0.2, 0.25) is 5.91 Å². The van der Waals surface area contributed by atoms with E-state index >= 15 is 0 Å². The molecule has 7 nitrogen and oxygen atoms in total. The summed E-state index contributed by atoms with van der Waals surface area (Å²) in [5.74, 6) is 2.11. The van der Waals surface area contributed by atoms with Crippen LogP contribution in [0.4, 0.5) is 0 Å². The molecule has 2 aliphatic rings. The zero-order valence-corrected chi connectivity index (χ0v) is 18.8. The van der Waals surface area contributed by atoms with Gasteiger partial charge in [0.25, 0.3) is 0 Å². The summed E-state index contributed by atoms with van der Waals surface area (Å²) < 4.78 is 6.06. The van der Waals surface area contributed by atoms with Crippen LogP contribution in [0.3, 0.4) is 0 Å². The number of guanidine groups is 1. The molecule has 1 amide bonds. The maximum absolute atomic E-state index is 12.5. The number of piperazine rings is 1. The van der Waals surface area contributed by atoms with Crippen molar-refractivity contribution >= 4 is 11.9 Å². The summed E-state index contributed by atoms with van der Waals surface area (Å²) in [6.45, 7) is 10.7. The third kappa shape index (κ3) is 6.36. The quantitative estimate of drug-likeness (QED) is 0.569. The second kappa shape index (κ2) is 11.2. The fourth-order valence-electron chi connectivity index (χ4n) is 4.07. The summed E-state index contributed by atoms with van der Waals surface area (Å²) in [5.41, 5.74) is 1.14. The van der Waals surface area contributed by atoms with Gasteiger partial charge in [-0.05, 0) is 44.7 Å². The number of likely N-dealkylation sites (tertiary alicyclic amines) is 1. The van der Waals surface area contributed by atoms with Gasteiger partial charge in [0.15, 0.2) is 5.96 Å². The number of rotatable bonds is 6. The molecule has 0 radical (unpaired) electrons. The monoisotopic (exact) mass is 415 g/mol. The number of ether oxygens (including phenoxy) is 1. The normalized spacial score (nSPS) is 19.5. The minimum atomic E-state index is 0.0336. The van der Waals surface area contributed by atoms with Gasteiger partial charge in [-0.2, -0.15) is 0 Å². The van der Waals surface area contributed by atoms with Crippen LogP contribution < -0.4 is 10.1 Å². The van der Waals surface area contributed by atoms with Crippen LogP contribution in [0.5, 0.6) is 5.75 Å². The van der Waals surface area contributed by atoms with Crippen molar-refractivity contribution in [2.45, 2.75) is 39.2 Å². The van der Waals surface area contributed by atoms with Gasteiger partial charge in [-0.1, -0.05) is 18.2 Å². The van der Waals surface area contributed by atoms with Crippen molar-refractivity contribution in [3.05, 3.63) is 29.8 Å². The first-order valence-electron chi connectivity index (χ1n) is 11.2. The Morgan fingerprint density at radius 2 is 1.77 bits per heavy atom. The van der Waals surface area contributed by atoms with Crippen LogP contribution >= 0.6 is 0 Å². The Morgan fingerprint density at radius 3 is 2.43 bits per heavy atom. The lowest BCUT2D eigenvalue weighted by molar-refractivity contribution is -0.133. The predicted octanol–water partition coefficient (Wildman–Crippen LogP) is 1.97. The van der Waals surface area contributed by atoms with Crippen LogP contribution in [0, 0.1) is 6.92 Å². The Balaban J connectivity index is 1.40. The van der Waals surface area contributed by atoms with E-state index in [9.17, 15) is 4.79 Å². The minimum Gasteiger partial charge on any atom is -0.489 e. The van der Waals surface area contributed by atoms with Crippen LogP contribution in [0.2, 0.25) is 0 Å². The number of carbonyl (C=O) groups is 1. The molecular formula is C23H37N5O2. The van der Waals surface area contributed by atoms with Gasteiger partial charge in [-0.25, -0.2) is 0 Å². The molecule has 1 aromatic rings. The Bertz CT molecular complexity index is 709. The van der Waals surface area contributed by atoms with E-state index in [0.29, 0.717) is 13.1 Å². The highest BCUT2D eigenvalue weighted by molar-refractivity contribution is 5.80. The molecule has 2 heterocycles. The molecule has 0 bridgehead atoms. The lowest BCUT2D eigenvalue weighted by Gasteiger charge is -2.37. The largest absolute Gasteiger partial charge is 0.489 e. The molecule has 3 rings (SSSR count). The molecule has 0 spiro atoms. The fourth-order valence-corrected chi connectivity index (χ4v) is 4.07. The third-order valence-electron chi connectivity index (χ3n) is 5.92. The summed E-state index contributed by atoms with van der Waals surface area (Å²) in [6, 6.07) is 8.08. The molecule has 1 atom stereocenters. The number of nitrogens with zero attached hydrogens (tertiary/aromatic N) is 4. The van der Waals surface area contributed by atoms with Crippen molar-refractivity contribution in [2.24, 2.45) is 4.99 Å². The van der Waals surface area contributed by atoms with E-state index in [1.54, 1.807) is 0 Å². The second-order valence-electron chi connectivity index (χ2n) is 8.33. The number of aryl methyl sites for hydroxylation is 1. The smallest absolute Gasteiger partial charge is 0.236 e. The van der Waals surface area contributed by atoms with Crippen molar-refractivity contribution < 1.29 is 9.53 Å². The maximum atomic E-state index is 12.5. The van der Waals surface area contributed by atoms with E-state index in [1.165, 1.54) is 6.42 Å². The molecule has 0 aliphatic carbocycles. The molecule has 1 aromatic carbocycles. The standard InChI is InChI=1S/C23H37N5O2/c1-19-9-5-6-10-21(19)30-20(2)17-25-23(24-3)28-15-13-26(14-16-28)18-22(29)27-11-7-4-8-12-27/h5-6,9-10,20H,4,7-8,11-18H2,1-3H3,(H,24,25). The number of carbonyl (C=O) groups excluding carboxylic acids is 1. The van der Waals surface area contributed by atoms with Gasteiger partial charge in [-0.3, -0.25) is 14.7 Å². The van der Waals surface area contributed by atoms with Crippen molar-refractivity contribution in [3.63, 3.8) is 0 Å². The topological polar surface area (TPSA) is 60.4 Å². The van der Waals surface area contributed by atoms with E-state index < -0.39 is 0 Å². The molecule has 2 saturated heterocycles. The molecule has 0 aromatic heterocycles. The molecular weight excluding hydrogens is 378 g/mol. The zero-order chi connectivity index (χ0) is 21.3. The predicted molar refractivity (Wildman–Crippen MR) is 121 cm³/mol. The fraction of sp³-hybridized carbons (Fsp3) is 0.652. The van der Waals surface area contributed by atoms with E-state index in [4.69, 9.17) is 4.74 Å². The number of para-hydroxylation sites is 1. The summed E-state index contributed by atoms with van der Waals surface area (Å²) in [4.78, 5) is 23.5. The lowest BCUT2D eigenvalue weighted by atomic mass is 10.1. The number of hydrogen-bond donors (Lipinski definition) is 1. The SMILES string of the molecule is CN=C(NCC(C)Oc1ccccc1C)N1CCN(CC(=O)N2CCCCC2)CC1. The number of hydrogen-bond acceptors (Lipinski definition) is 4. The summed E-state index contributed by atoms with van der Waals surface area (Å²) in [5, 5.41) is 3.44. The van der Waals surface area contributed by atoms with E-state index in [1.807, 2.05) is 30.1 Å². The van der Waals surface area contributed by atoms with Crippen molar-refractivity contribution in [3.8, 4) is 5.75 Å². The summed E-state index contributed by atoms with van der Waals surface area (Å²) in [7, 11) is 1.82. The van der Waals surface area contributed by atoms with Gasteiger partial charge in [0.05, 0.1) is 13.1 Å². The van der Waals surface area contributed by atoms with Crippen LogP contribution in [-0.4, -0.2) is 92.1 Å². The van der Waals surface area contributed by atoms with Crippen molar-refractivity contribution in [1.29, 1.82) is 0 Å². The second-order valence-corrected chi connectivity index (χ2v) is 8.33. The molecule has 2 aliphatic heterocycles. The lowest BCUT2D eigenvalue weighted by Crippen LogP contribution is -2.55. The summed E-state index contributed by atoms with van der Waals surface area (Å²) in [6.07, 6.45) is 3.58. The Kier molecular flexibility index (Phi) is 8.37. The first-order valence-corrected chi connectivity index (χ1v) is 11.2. The van der Waals surface area contributed by atoms with Gasteiger partial charge in [0, 0.05) is 46.3 Å². The minimum absolute atomic E-state index is 0.0336. The highest BCUT2D eigenvalue weighted by Crippen LogP contribution is 2.17. The number of aliphatic imine (C=N–C) groups is 1. The number of piperidine rings is 1.